The summed E-state index contributed by atoms with van der Waals surface area (Å²) >= 11 is 0. The third kappa shape index (κ3) is 5.37. The Hall–Kier alpha value is -3.45. The van der Waals surface area contributed by atoms with E-state index >= 15 is 0 Å². The Morgan fingerprint density at radius 3 is 1.97 bits per heavy atom. The second-order valence-electron chi connectivity index (χ2n) is 9.49. The van der Waals surface area contributed by atoms with Crippen molar-refractivity contribution in [3.63, 3.8) is 0 Å². The topological polar surface area (TPSA) is 17.1 Å². The van der Waals surface area contributed by atoms with Crippen molar-refractivity contribution in [2.75, 3.05) is 0 Å². The van der Waals surface area contributed by atoms with Gasteiger partial charge in [-0.2, -0.15) is 0 Å². The minimum atomic E-state index is 0.0900. The lowest BCUT2D eigenvalue weighted by Crippen LogP contribution is -2.18. The van der Waals surface area contributed by atoms with Gasteiger partial charge in [-0.15, -0.1) is 0 Å². The zero-order valence-corrected chi connectivity index (χ0v) is 19.8. The number of hydrogen-bond acceptors (Lipinski definition) is 1. The smallest absolute Gasteiger partial charge is 0.165 e. The van der Waals surface area contributed by atoms with E-state index in [1.54, 1.807) is 0 Å². The molecule has 5 rings (SSSR count). The maximum atomic E-state index is 13.0. The van der Waals surface area contributed by atoms with Crippen molar-refractivity contribution in [2.24, 2.45) is 5.92 Å². The van der Waals surface area contributed by atoms with E-state index < -0.39 is 0 Å². The molecule has 1 atom stereocenters. The average molecular weight is 444 g/mol. The number of Topliss-reactive ketones (excluding diaryl/α,β-unsaturated/α-hetero) is 1. The Labute approximate surface area is 203 Å². The number of carbonyl (C=O) groups excluding carboxylic acids is 1. The first kappa shape index (κ1) is 22.3. The molecule has 1 heteroatoms. The van der Waals surface area contributed by atoms with E-state index in [0.717, 1.165) is 37.7 Å². The molecule has 34 heavy (non-hydrogen) atoms. The van der Waals surface area contributed by atoms with Gasteiger partial charge in [-0.25, -0.2) is 0 Å². The van der Waals surface area contributed by atoms with E-state index in [2.05, 4.69) is 92.2 Å². The van der Waals surface area contributed by atoms with Crippen molar-refractivity contribution in [3.05, 3.63) is 137 Å². The highest BCUT2D eigenvalue weighted by molar-refractivity contribution is 6.17. The van der Waals surface area contributed by atoms with E-state index in [0.29, 0.717) is 5.78 Å². The monoisotopic (exact) mass is 443 g/mol. The van der Waals surface area contributed by atoms with E-state index in [4.69, 9.17) is 0 Å². The summed E-state index contributed by atoms with van der Waals surface area (Å²) in [6, 6.07) is 28.2. The summed E-state index contributed by atoms with van der Waals surface area (Å²) in [5.74, 6) is 0.403. The first-order chi connectivity index (χ1) is 16.7. The van der Waals surface area contributed by atoms with Gasteiger partial charge < -0.3 is 0 Å². The summed E-state index contributed by atoms with van der Waals surface area (Å²) in [5, 5.41) is 0. The highest BCUT2D eigenvalue weighted by atomic mass is 16.1. The van der Waals surface area contributed by atoms with Crippen LogP contribution in [0.15, 0.2) is 103 Å². The number of benzene rings is 3. The number of allylic oxidation sites excluding steroid dienone is 6. The summed E-state index contributed by atoms with van der Waals surface area (Å²) in [6.07, 6.45) is 13.0. The van der Waals surface area contributed by atoms with Gasteiger partial charge in [0.2, 0.25) is 0 Å². The van der Waals surface area contributed by atoms with E-state index in [9.17, 15) is 4.79 Å². The van der Waals surface area contributed by atoms with Gasteiger partial charge in [0.25, 0.3) is 0 Å². The Morgan fingerprint density at radius 1 is 0.735 bits per heavy atom. The second kappa shape index (κ2) is 10.2. The van der Waals surface area contributed by atoms with Crippen LogP contribution in [0.2, 0.25) is 0 Å². The second-order valence-corrected chi connectivity index (χ2v) is 9.49. The first-order valence-corrected chi connectivity index (χ1v) is 12.4. The van der Waals surface area contributed by atoms with Gasteiger partial charge in [-0.3, -0.25) is 4.79 Å². The van der Waals surface area contributed by atoms with E-state index in [1.807, 2.05) is 18.2 Å². The van der Waals surface area contributed by atoms with E-state index in [1.165, 1.54) is 39.0 Å². The molecule has 0 fully saturated rings. The largest absolute Gasteiger partial charge is 0.294 e. The summed E-state index contributed by atoms with van der Waals surface area (Å²) in [5.41, 5.74) is 10.1. The van der Waals surface area contributed by atoms with Crippen LogP contribution in [0.3, 0.4) is 0 Å². The SMILES string of the molecule is Cc1ccc(C2=C(c3ccc(CCC(CCCc4ccccc4)C(=O)C4=CC=C4)cc3)[CH]2)cc1. The maximum Gasteiger partial charge on any atom is 0.165 e. The molecule has 1 unspecified atom stereocenters. The quantitative estimate of drug-likeness (QED) is 0.296. The first-order valence-electron chi connectivity index (χ1n) is 12.4. The number of carbonyl (C=O) groups is 1. The van der Waals surface area contributed by atoms with Crippen molar-refractivity contribution in [3.8, 4) is 0 Å². The number of ketones is 1. The fourth-order valence-corrected chi connectivity index (χ4v) is 4.71. The molecule has 2 aliphatic carbocycles. The summed E-state index contributed by atoms with van der Waals surface area (Å²) in [6.45, 7) is 2.12. The highest BCUT2D eigenvalue weighted by Crippen LogP contribution is 2.45. The van der Waals surface area contributed by atoms with E-state index in [-0.39, 0.29) is 5.92 Å². The number of hydrogen-bond donors (Lipinski definition) is 0. The lowest BCUT2D eigenvalue weighted by atomic mass is 9.85. The average Bonchev–Trinajstić information content (AvgIpc) is 3.62. The molecule has 0 aliphatic heterocycles. The molecule has 0 saturated carbocycles. The Kier molecular flexibility index (Phi) is 6.72. The molecule has 0 amide bonds. The van der Waals surface area contributed by atoms with Gasteiger partial charge in [-0.05, 0) is 72.4 Å². The third-order valence-electron chi connectivity index (χ3n) is 6.97. The molecule has 3 aromatic rings. The van der Waals surface area contributed by atoms with Crippen LogP contribution in [0.25, 0.3) is 11.1 Å². The minimum absolute atomic E-state index is 0.0900. The van der Waals surface area contributed by atoms with Gasteiger partial charge in [0.05, 0.1) is 0 Å². The fourth-order valence-electron chi connectivity index (χ4n) is 4.71. The standard InChI is InChI=1S/C33H31O/c1-24-13-18-27(19-14-24)31-23-32(31)28-20-15-26(16-21-28)17-22-30(33(34)29-11-6-12-29)10-5-9-25-7-3-2-4-8-25/h2-4,6-8,11-16,18-21,23,30H,5,9-10,17,22H2,1H3. The maximum absolute atomic E-state index is 13.0. The van der Waals surface area contributed by atoms with Gasteiger partial charge in [0.1, 0.15) is 0 Å². The number of aryl methyl sites for hydroxylation is 3. The summed E-state index contributed by atoms with van der Waals surface area (Å²) in [4.78, 5) is 13.0. The molecule has 169 valence electrons. The Balaban J connectivity index is 1.19. The zero-order valence-electron chi connectivity index (χ0n) is 19.8. The van der Waals surface area contributed by atoms with Gasteiger partial charge in [-0.1, -0.05) is 103 Å². The molecule has 3 aromatic carbocycles. The molecule has 0 saturated heterocycles. The van der Waals surface area contributed by atoms with Crippen molar-refractivity contribution in [2.45, 2.75) is 39.0 Å². The molecule has 0 aromatic heterocycles. The Morgan fingerprint density at radius 2 is 1.35 bits per heavy atom. The molecule has 0 bridgehead atoms. The van der Waals surface area contributed by atoms with Crippen LogP contribution >= 0.6 is 0 Å². The van der Waals surface area contributed by atoms with Crippen molar-refractivity contribution in [1.29, 1.82) is 0 Å². The third-order valence-corrected chi connectivity index (χ3v) is 6.97. The summed E-state index contributed by atoms with van der Waals surface area (Å²) < 4.78 is 0. The van der Waals surface area contributed by atoms with Gasteiger partial charge >= 0.3 is 0 Å². The normalized spacial score (nSPS) is 15.0. The lowest BCUT2D eigenvalue weighted by Gasteiger charge is -2.18. The molecule has 1 nitrogen and oxygen atoms in total. The van der Waals surface area contributed by atoms with Crippen LogP contribution in [0, 0.1) is 19.3 Å². The molecular formula is C33H31O. The van der Waals surface area contributed by atoms with Gasteiger partial charge in [0, 0.05) is 17.9 Å². The highest BCUT2D eigenvalue weighted by Gasteiger charge is 2.25. The van der Waals surface area contributed by atoms with Crippen LogP contribution in [0.5, 0.6) is 0 Å². The molecule has 1 radical (unpaired) electrons. The summed E-state index contributed by atoms with van der Waals surface area (Å²) in [7, 11) is 0. The molecule has 0 heterocycles. The molecule has 0 N–H and O–H groups in total. The van der Waals surface area contributed by atoms with Crippen LogP contribution in [0.4, 0.5) is 0 Å². The molecule has 2 aliphatic rings. The zero-order chi connectivity index (χ0) is 23.3. The van der Waals surface area contributed by atoms with Crippen molar-refractivity contribution in [1.82, 2.24) is 0 Å². The van der Waals surface area contributed by atoms with Gasteiger partial charge in [0.15, 0.2) is 5.78 Å². The van der Waals surface area contributed by atoms with Crippen molar-refractivity contribution >= 4 is 16.9 Å². The predicted octanol–water partition coefficient (Wildman–Crippen LogP) is 7.76. The van der Waals surface area contributed by atoms with Crippen molar-refractivity contribution < 1.29 is 4.79 Å². The Bertz CT molecular complexity index is 1240. The predicted molar refractivity (Wildman–Crippen MR) is 142 cm³/mol. The van der Waals surface area contributed by atoms with Crippen LogP contribution < -0.4 is 0 Å². The fraction of sp³-hybridized carbons (Fsp3) is 0.212. The molecular weight excluding hydrogens is 412 g/mol. The lowest BCUT2D eigenvalue weighted by molar-refractivity contribution is -0.119. The van der Waals surface area contributed by atoms with Crippen LogP contribution in [0.1, 0.15) is 47.1 Å². The number of rotatable bonds is 11. The van der Waals surface area contributed by atoms with Crippen LogP contribution in [-0.2, 0) is 17.6 Å². The minimum Gasteiger partial charge on any atom is -0.294 e. The molecule has 0 spiro atoms. The van der Waals surface area contributed by atoms with Crippen LogP contribution in [-0.4, -0.2) is 5.78 Å².